The first-order valence-corrected chi connectivity index (χ1v) is 19.5. The molecule has 3 heteroatoms. The third kappa shape index (κ3) is 3.66. The SMILES string of the molecule is Cc1cc(C2=Cc3ccccc3[CH]2[Zr+2]2([CH]3c4ccccc4-c4ccccc43)[CH2][CH2]2)c2ccccc2c1.[Cl-].[Cl-]. The van der Waals surface area contributed by atoms with E-state index in [4.69, 9.17) is 0 Å². The van der Waals surface area contributed by atoms with Crippen molar-refractivity contribution in [3.05, 3.63) is 143 Å². The first-order valence-electron chi connectivity index (χ1n) is 13.2. The molecule has 8 rings (SSSR count). The number of benzene rings is 5. The van der Waals surface area contributed by atoms with E-state index in [0.717, 1.165) is 0 Å². The van der Waals surface area contributed by atoms with E-state index < -0.39 is 20.3 Å². The zero-order chi connectivity index (χ0) is 23.9. The molecule has 186 valence electrons. The van der Waals surface area contributed by atoms with E-state index in [1.54, 1.807) is 22.3 Å². The Morgan fingerprint density at radius 1 is 0.579 bits per heavy atom. The molecule has 1 heterocycles. The van der Waals surface area contributed by atoms with E-state index in [2.05, 4.69) is 122 Å². The van der Waals surface area contributed by atoms with Gasteiger partial charge in [0.2, 0.25) is 0 Å². The van der Waals surface area contributed by atoms with E-state index >= 15 is 0 Å². The van der Waals surface area contributed by atoms with Gasteiger partial charge in [0.05, 0.1) is 0 Å². The Bertz CT molecular complexity index is 1680. The molecule has 5 aromatic carbocycles. The quantitative estimate of drug-likeness (QED) is 0.294. The molecule has 0 spiro atoms. The van der Waals surface area contributed by atoms with Gasteiger partial charge in [0.1, 0.15) is 0 Å². The van der Waals surface area contributed by atoms with E-state index in [9.17, 15) is 0 Å². The molecule has 0 bridgehead atoms. The summed E-state index contributed by atoms with van der Waals surface area (Å²) < 4.78 is 4.19. The van der Waals surface area contributed by atoms with Crippen molar-refractivity contribution in [2.45, 2.75) is 22.4 Å². The number of hydrogen-bond acceptors (Lipinski definition) is 0. The minimum Gasteiger partial charge on any atom is -1.00 e. The zero-order valence-electron chi connectivity index (χ0n) is 21.3. The van der Waals surface area contributed by atoms with Crippen molar-refractivity contribution in [3.8, 4) is 11.1 Å². The van der Waals surface area contributed by atoms with Crippen LogP contribution in [0.4, 0.5) is 0 Å². The summed E-state index contributed by atoms with van der Waals surface area (Å²) in [7, 11) is 0. The zero-order valence-corrected chi connectivity index (χ0v) is 25.3. The van der Waals surface area contributed by atoms with Gasteiger partial charge in [0.15, 0.2) is 0 Å². The molecule has 0 amide bonds. The molecule has 3 aliphatic rings. The van der Waals surface area contributed by atoms with Gasteiger partial charge in [-0.2, -0.15) is 0 Å². The standard InChI is InChI=1S/C20H15.C13H9.C2H4.2ClH.Zr/c1-14-10-17-8-4-5-9-19(17)20(11-14)18-12-15-6-2-3-7-16(15)13-18;1-3-7-12-10(5-1)9-11-6-2-4-8-13(11)12;1-2;;;/h2-13H,1H3;1-9H;1-2H2;2*1H;/q;;;;;+2/p-2. The fourth-order valence-electron chi connectivity index (χ4n) is 7.54. The van der Waals surface area contributed by atoms with Crippen molar-refractivity contribution >= 4 is 22.4 Å². The molecule has 1 saturated heterocycles. The van der Waals surface area contributed by atoms with Gasteiger partial charge in [0.25, 0.3) is 0 Å². The Labute approximate surface area is 242 Å². The van der Waals surface area contributed by atoms with Crippen LogP contribution in [-0.4, -0.2) is 0 Å². The van der Waals surface area contributed by atoms with Gasteiger partial charge in [-0.15, -0.1) is 0 Å². The molecule has 0 aromatic heterocycles. The Morgan fingerprint density at radius 3 is 1.84 bits per heavy atom. The largest absolute Gasteiger partial charge is 1.00 e. The number of allylic oxidation sites excluding steroid dienone is 1. The maximum absolute atomic E-state index is 2.76. The van der Waals surface area contributed by atoms with Crippen molar-refractivity contribution in [1.29, 1.82) is 0 Å². The van der Waals surface area contributed by atoms with Crippen LogP contribution < -0.4 is 24.8 Å². The van der Waals surface area contributed by atoms with E-state index in [0.29, 0.717) is 7.25 Å². The Hall–Kier alpha value is -2.44. The van der Waals surface area contributed by atoms with Crippen molar-refractivity contribution in [1.82, 2.24) is 0 Å². The number of fused-ring (bicyclic) bond motifs is 5. The van der Waals surface area contributed by atoms with Crippen molar-refractivity contribution in [2.75, 3.05) is 0 Å². The van der Waals surface area contributed by atoms with Crippen LogP contribution in [0.2, 0.25) is 8.26 Å². The smallest absolute Gasteiger partial charge is 1.00 e. The van der Waals surface area contributed by atoms with Gasteiger partial charge in [-0.3, -0.25) is 0 Å². The maximum Gasteiger partial charge on any atom is -1.00 e. The van der Waals surface area contributed by atoms with Crippen LogP contribution in [0.1, 0.15) is 40.6 Å². The molecular weight excluding hydrogens is 583 g/mol. The van der Waals surface area contributed by atoms with Crippen LogP contribution in [0.3, 0.4) is 0 Å². The van der Waals surface area contributed by atoms with Gasteiger partial charge in [-0.1, -0.05) is 0 Å². The molecule has 0 radical (unpaired) electrons. The Balaban J connectivity index is 0.00000132. The number of rotatable bonds is 3. The first kappa shape index (κ1) is 25.8. The van der Waals surface area contributed by atoms with E-state index in [1.807, 2.05) is 0 Å². The molecule has 38 heavy (non-hydrogen) atoms. The molecule has 1 aliphatic heterocycles. The normalized spacial score (nSPS) is 17.2. The predicted molar refractivity (Wildman–Crippen MR) is 149 cm³/mol. The third-order valence-electron chi connectivity index (χ3n) is 9.06. The summed E-state index contributed by atoms with van der Waals surface area (Å²) in [5.74, 6) is 0. The number of hydrogen-bond donors (Lipinski definition) is 0. The minimum atomic E-state index is -2.76. The second-order valence-electron chi connectivity index (χ2n) is 11.0. The second kappa shape index (κ2) is 9.64. The summed E-state index contributed by atoms with van der Waals surface area (Å²) in [6.07, 6.45) is 2.56. The molecule has 1 atom stereocenters. The average Bonchev–Trinajstić information content (AvgIpc) is 3.48. The first-order chi connectivity index (χ1) is 17.7. The van der Waals surface area contributed by atoms with Gasteiger partial charge < -0.3 is 24.8 Å². The topological polar surface area (TPSA) is 0 Å². The van der Waals surface area contributed by atoms with Crippen molar-refractivity contribution in [2.24, 2.45) is 0 Å². The fourth-order valence-corrected chi connectivity index (χ4v) is 24.7. The average molecular weight is 611 g/mol. The van der Waals surface area contributed by atoms with Crippen LogP contribution in [0.5, 0.6) is 0 Å². The molecule has 1 unspecified atom stereocenters. The molecule has 2 aliphatic carbocycles. The van der Waals surface area contributed by atoms with Crippen molar-refractivity contribution in [3.63, 3.8) is 0 Å². The number of halogens is 2. The molecule has 0 N–H and O–H groups in total. The minimum absolute atomic E-state index is 0. The van der Waals surface area contributed by atoms with Gasteiger partial charge in [0, 0.05) is 0 Å². The van der Waals surface area contributed by atoms with E-state index in [-0.39, 0.29) is 24.8 Å². The summed E-state index contributed by atoms with van der Waals surface area (Å²) in [5, 5.41) is 2.76. The maximum atomic E-state index is 2.56. The monoisotopic (exact) mass is 608 g/mol. The van der Waals surface area contributed by atoms with Crippen LogP contribution >= 0.6 is 0 Å². The van der Waals surface area contributed by atoms with Gasteiger partial charge >= 0.3 is 219 Å². The van der Waals surface area contributed by atoms with Crippen molar-refractivity contribution < 1.29 is 45.1 Å². The molecule has 5 aromatic rings. The van der Waals surface area contributed by atoms with Crippen LogP contribution in [-0.2, 0) is 20.3 Å². The molecule has 0 nitrogen and oxygen atoms in total. The third-order valence-corrected chi connectivity index (χ3v) is 21.8. The fraction of sp³-hybridized carbons (Fsp3) is 0.143. The van der Waals surface area contributed by atoms with Crippen LogP contribution in [0.25, 0.3) is 33.5 Å². The molecule has 1 fully saturated rings. The summed E-state index contributed by atoms with van der Waals surface area (Å²) in [5.41, 5.74) is 13.7. The Morgan fingerprint density at radius 2 is 1.16 bits per heavy atom. The molecule has 0 saturated carbocycles. The summed E-state index contributed by atoms with van der Waals surface area (Å²) in [6.45, 7) is 2.26. The second-order valence-corrected chi connectivity index (χ2v) is 22.4. The summed E-state index contributed by atoms with van der Waals surface area (Å²) >= 11 is -2.76. The number of aryl methyl sites for hydroxylation is 1. The van der Waals surface area contributed by atoms with Crippen LogP contribution in [0, 0.1) is 6.92 Å². The van der Waals surface area contributed by atoms with Crippen LogP contribution in [0.15, 0.2) is 109 Å². The summed E-state index contributed by atoms with van der Waals surface area (Å²) in [4.78, 5) is 0. The summed E-state index contributed by atoms with van der Waals surface area (Å²) in [6, 6.07) is 41.7. The van der Waals surface area contributed by atoms with Gasteiger partial charge in [-0.25, -0.2) is 0 Å². The predicted octanol–water partition coefficient (Wildman–Crippen LogP) is 3.53. The Kier molecular flexibility index (Phi) is 6.55. The van der Waals surface area contributed by atoms with E-state index in [1.165, 1.54) is 46.8 Å². The van der Waals surface area contributed by atoms with Gasteiger partial charge in [-0.05, 0) is 0 Å². The molecular formula is C35H28Cl2Zr.